The van der Waals surface area contributed by atoms with Crippen molar-refractivity contribution in [1.29, 1.82) is 0 Å². The van der Waals surface area contributed by atoms with Gasteiger partial charge in [0.1, 0.15) is 0 Å². The Morgan fingerprint density at radius 2 is 2.11 bits per heavy atom. The highest BCUT2D eigenvalue weighted by Crippen LogP contribution is 2.12. The normalized spacial score (nSPS) is 11.6. The molecule has 0 bridgehead atoms. The number of rotatable bonds is 4. The fourth-order valence-corrected chi connectivity index (χ4v) is 2.00. The van der Waals surface area contributed by atoms with Gasteiger partial charge >= 0.3 is 5.69 Å². The van der Waals surface area contributed by atoms with Gasteiger partial charge in [-0.3, -0.25) is 14.3 Å². The van der Waals surface area contributed by atoms with E-state index < -0.39 is 0 Å². The minimum absolute atomic E-state index is 0.133. The van der Waals surface area contributed by atoms with Crippen LogP contribution in [0.5, 0.6) is 0 Å². The van der Waals surface area contributed by atoms with E-state index in [1.54, 1.807) is 15.5 Å². The molecule has 18 heavy (non-hydrogen) atoms. The van der Waals surface area contributed by atoms with E-state index in [0.29, 0.717) is 17.7 Å². The zero-order chi connectivity index (χ0) is 13.3. The highest BCUT2D eigenvalue weighted by Gasteiger charge is 2.14. The standard InChI is InChI=1S/C12H18N4O2/c1-4-5-6-15-10-9(11(17)14-12(15)18)16(7-13-10)8(2)3/h7-8H,4-6H2,1-3H3,(H,14,17,18). The summed E-state index contributed by atoms with van der Waals surface area (Å²) in [7, 11) is 0. The smallest absolute Gasteiger partial charge is 0.322 e. The average molecular weight is 250 g/mol. The van der Waals surface area contributed by atoms with E-state index in [-0.39, 0.29) is 17.3 Å². The second-order valence-electron chi connectivity index (χ2n) is 4.68. The van der Waals surface area contributed by atoms with Crippen molar-refractivity contribution in [3.05, 3.63) is 27.2 Å². The molecule has 6 nitrogen and oxygen atoms in total. The van der Waals surface area contributed by atoms with Crippen LogP contribution >= 0.6 is 0 Å². The molecule has 0 unspecified atom stereocenters. The Kier molecular flexibility index (Phi) is 3.36. The molecule has 2 aromatic rings. The van der Waals surface area contributed by atoms with Gasteiger partial charge in [0.05, 0.1) is 6.33 Å². The molecule has 2 aromatic heterocycles. The van der Waals surface area contributed by atoms with Crippen LogP contribution in [0.25, 0.3) is 11.2 Å². The lowest BCUT2D eigenvalue weighted by Gasteiger charge is -2.08. The van der Waals surface area contributed by atoms with Gasteiger partial charge in [0.15, 0.2) is 11.2 Å². The van der Waals surface area contributed by atoms with Gasteiger partial charge < -0.3 is 4.57 Å². The summed E-state index contributed by atoms with van der Waals surface area (Å²) in [6.07, 6.45) is 3.49. The second-order valence-corrected chi connectivity index (χ2v) is 4.68. The molecular weight excluding hydrogens is 232 g/mol. The fourth-order valence-electron chi connectivity index (χ4n) is 2.00. The molecule has 0 radical (unpaired) electrons. The van der Waals surface area contributed by atoms with Crippen LogP contribution in [-0.2, 0) is 6.54 Å². The highest BCUT2D eigenvalue weighted by molar-refractivity contribution is 5.70. The number of aromatic amines is 1. The summed E-state index contributed by atoms with van der Waals surface area (Å²) in [5.41, 5.74) is 0.204. The number of hydrogen-bond acceptors (Lipinski definition) is 3. The van der Waals surface area contributed by atoms with Gasteiger partial charge in [-0.15, -0.1) is 0 Å². The highest BCUT2D eigenvalue weighted by atomic mass is 16.2. The lowest BCUT2D eigenvalue weighted by Crippen LogP contribution is -2.31. The number of hydrogen-bond donors (Lipinski definition) is 1. The van der Waals surface area contributed by atoms with Crippen LogP contribution in [0.15, 0.2) is 15.9 Å². The van der Waals surface area contributed by atoms with Crippen LogP contribution in [-0.4, -0.2) is 19.1 Å². The monoisotopic (exact) mass is 250 g/mol. The zero-order valence-corrected chi connectivity index (χ0v) is 10.9. The summed E-state index contributed by atoms with van der Waals surface area (Å²) < 4.78 is 3.33. The molecule has 0 saturated heterocycles. The SMILES string of the molecule is CCCCn1c(=O)[nH]c(=O)c2c1ncn2C(C)C. The minimum Gasteiger partial charge on any atom is -0.322 e. The third-order valence-electron chi connectivity index (χ3n) is 3.00. The van der Waals surface area contributed by atoms with Crippen molar-refractivity contribution in [3.63, 3.8) is 0 Å². The van der Waals surface area contributed by atoms with Gasteiger partial charge in [-0.05, 0) is 20.3 Å². The largest absolute Gasteiger partial charge is 0.330 e. The molecule has 98 valence electrons. The number of imidazole rings is 1. The molecule has 2 rings (SSSR count). The van der Waals surface area contributed by atoms with E-state index >= 15 is 0 Å². The predicted molar refractivity (Wildman–Crippen MR) is 69.9 cm³/mol. The van der Waals surface area contributed by atoms with Crippen LogP contribution < -0.4 is 11.2 Å². The summed E-state index contributed by atoms with van der Waals surface area (Å²) in [6.45, 7) is 6.59. The van der Waals surface area contributed by atoms with Crippen LogP contribution in [0.2, 0.25) is 0 Å². The van der Waals surface area contributed by atoms with Crippen LogP contribution in [0.3, 0.4) is 0 Å². The average Bonchev–Trinajstić information content (AvgIpc) is 2.73. The number of nitrogens with zero attached hydrogens (tertiary/aromatic N) is 3. The van der Waals surface area contributed by atoms with Gasteiger partial charge in [0, 0.05) is 12.6 Å². The first-order valence-corrected chi connectivity index (χ1v) is 6.26. The van der Waals surface area contributed by atoms with Crippen molar-refractivity contribution >= 4 is 11.2 Å². The van der Waals surface area contributed by atoms with E-state index in [4.69, 9.17) is 0 Å². The molecule has 1 N–H and O–H groups in total. The molecule has 0 atom stereocenters. The zero-order valence-electron chi connectivity index (χ0n) is 10.9. The lowest BCUT2D eigenvalue weighted by molar-refractivity contribution is 0.605. The van der Waals surface area contributed by atoms with E-state index in [2.05, 4.69) is 16.9 Å². The Morgan fingerprint density at radius 1 is 1.39 bits per heavy atom. The molecule has 0 fully saturated rings. The Hall–Kier alpha value is -1.85. The fraction of sp³-hybridized carbons (Fsp3) is 0.583. The Bertz CT molecular complexity index is 663. The van der Waals surface area contributed by atoms with Crippen molar-refractivity contribution in [2.75, 3.05) is 0 Å². The molecule has 0 aliphatic carbocycles. The number of aromatic nitrogens is 4. The summed E-state index contributed by atoms with van der Waals surface area (Å²) in [5, 5.41) is 0. The Labute approximate surface area is 104 Å². The van der Waals surface area contributed by atoms with Crippen molar-refractivity contribution in [2.24, 2.45) is 0 Å². The van der Waals surface area contributed by atoms with Gasteiger partial charge in [-0.25, -0.2) is 9.78 Å². The maximum absolute atomic E-state index is 11.9. The van der Waals surface area contributed by atoms with E-state index in [1.807, 2.05) is 13.8 Å². The number of aryl methyl sites for hydroxylation is 1. The quantitative estimate of drug-likeness (QED) is 0.888. The molecule has 0 saturated carbocycles. The Morgan fingerprint density at radius 3 is 2.72 bits per heavy atom. The molecular formula is C12H18N4O2. The van der Waals surface area contributed by atoms with Crippen molar-refractivity contribution in [2.45, 2.75) is 46.2 Å². The van der Waals surface area contributed by atoms with Gasteiger partial charge in [0.2, 0.25) is 0 Å². The molecule has 6 heteroatoms. The number of fused-ring (bicyclic) bond motifs is 1. The molecule has 0 amide bonds. The summed E-state index contributed by atoms with van der Waals surface area (Å²) in [4.78, 5) is 30.3. The summed E-state index contributed by atoms with van der Waals surface area (Å²) in [5.74, 6) is 0. The minimum atomic E-state index is -0.380. The van der Waals surface area contributed by atoms with Crippen molar-refractivity contribution < 1.29 is 0 Å². The maximum atomic E-state index is 11.9. The van der Waals surface area contributed by atoms with E-state index in [0.717, 1.165) is 12.8 Å². The lowest BCUT2D eigenvalue weighted by atomic mass is 10.3. The molecule has 0 spiro atoms. The third kappa shape index (κ3) is 1.98. The van der Waals surface area contributed by atoms with Gasteiger partial charge in [-0.1, -0.05) is 13.3 Å². The van der Waals surface area contributed by atoms with Gasteiger partial charge in [0.25, 0.3) is 5.56 Å². The number of nitrogens with one attached hydrogen (secondary N) is 1. The van der Waals surface area contributed by atoms with Crippen molar-refractivity contribution in [3.8, 4) is 0 Å². The molecule has 0 aliphatic heterocycles. The second kappa shape index (κ2) is 4.80. The predicted octanol–water partition coefficient (Wildman–Crippen LogP) is 1.27. The van der Waals surface area contributed by atoms with E-state index in [1.165, 1.54) is 0 Å². The summed E-state index contributed by atoms with van der Waals surface area (Å²) >= 11 is 0. The number of unbranched alkanes of at least 4 members (excludes halogenated alkanes) is 1. The van der Waals surface area contributed by atoms with Gasteiger partial charge in [-0.2, -0.15) is 0 Å². The molecule has 0 aromatic carbocycles. The van der Waals surface area contributed by atoms with Crippen LogP contribution in [0.1, 0.15) is 39.7 Å². The van der Waals surface area contributed by atoms with Crippen LogP contribution in [0.4, 0.5) is 0 Å². The molecule has 0 aliphatic rings. The third-order valence-corrected chi connectivity index (χ3v) is 3.00. The van der Waals surface area contributed by atoms with Crippen LogP contribution in [0, 0.1) is 0 Å². The maximum Gasteiger partial charge on any atom is 0.330 e. The number of H-pyrrole nitrogens is 1. The topological polar surface area (TPSA) is 72.7 Å². The first-order valence-electron chi connectivity index (χ1n) is 6.26. The van der Waals surface area contributed by atoms with E-state index in [9.17, 15) is 9.59 Å². The van der Waals surface area contributed by atoms with Crippen molar-refractivity contribution in [1.82, 2.24) is 19.1 Å². The first-order chi connectivity index (χ1) is 8.56. The Balaban J connectivity index is 2.72. The summed E-state index contributed by atoms with van der Waals surface area (Å²) in [6, 6.07) is 0.133. The molecule has 2 heterocycles. The first kappa shape index (κ1) is 12.6.